The third-order valence-corrected chi connectivity index (χ3v) is 4.90. The molecule has 0 aliphatic rings. The van der Waals surface area contributed by atoms with Gasteiger partial charge in [-0.3, -0.25) is 19.4 Å². The monoisotopic (exact) mass is 416 g/mol. The minimum atomic E-state index is -0.481. The number of nitro groups is 1. The van der Waals surface area contributed by atoms with Crippen LogP contribution >= 0.6 is 11.8 Å². The summed E-state index contributed by atoms with van der Waals surface area (Å²) in [5, 5.41) is 23.9. The molecule has 0 N–H and O–H groups in total. The van der Waals surface area contributed by atoms with Gasteiger partial charge in [0.1, 0.15) is 23.9 Å². The van der Waals surface area contributed by atoms with Crippen LogP contribution in [0.15, 0.2) is 54.5 Å². The van der Waals surface area contributed by atoms with Gasteiger partial charge in [-0.15, -0.1) is 16.8 Å². The Labute approximate surface area is 171 Å². The molecule has 10 nitrogen and oxygen atoms in total. The van der Waals surface area contributed by atoms with Gasteiger partial charge in [-0.1, -0.05) is 17.8 Å². The Kier molecular flexibility index (Phi) is 6.50. The summed E-state index contributed by atoms with van der Waals surface area (Å²) in [5.41, 5.74) is -0.0552. The molecule has 0 aliphatic heterocycles. The van der Waals surface area contributed by atoms with Gasteiger partial charge in [0.2, 0.25) is 0 Å². The van der Waals surface area contributed by atoms with Crippen LogP contribution in [0.3, 0.4) is 0 Å². The van der Waals surface area contributed by atoms with Crippen LogP contribution in [0, 0.1) is 10.1 Å². The maximum absolute atomic E-state index is 10.8. The van der Waals surface area contributed by atoms with Gasteiger partial charge >= 0.3 is 5.69 Å². The number of benzene rings is 1. The molecule has 0 saturated carbocycles. The first-order valence-electron chi connectivity index (χ1n) is 8.66. The lowest BCUT2D eigenvalue weighted by atomic mass is 10.3. The Morgan fingerprint density at radius 1 is 1.31 bits per heavy atom. The summed E-state index contributed by atoms with van der Waals surface area (Å²) in [6, 6.07) is 7.29. The molecular weight excluding hydrogens is 396 g/mol. The van der Waals surface area contributed by atoms with E-state index >= 15 is 0 Å². The summed E-state index contributed by atoms with van der Waals surface area (Å²) < 4.78 is 14.5. The van der Waals surface area contributed by atoms with Crippen molar-refractivity contribution in [1.82, 2.24) is 24.5 Å². The zero-order valence-electron chi connectivity index (χ0n) is 16.0. The van der Waals surface area contributed by atoms with E-state index in [2.05, 4.69) is 21.9 Å². The van der Waals surface area contributed by atoms with E-state index in [9.17, 15) is 10.1 Å². The van der Waals surface area contributed by atoms with E-state index in [4.69, 9.17) is 9.47 Å². The summed E-state index contributed by atoms with van der Waals surface area (Å²) in [6.07, 6.45) is 3.98. The molecule has 0 saturated heterocycles. The van der Waals surface area contributed by atoms with Crippen LogP contribution in [0.1, 0.15) is 18.9 Å². The number of rotatable bonds is 10. The SMILES string of the molecule is C=CCn1c(SCn2cc([N+](=O)[O-])cn2)nnc1C(C)Oc1ccc(OC)cc1. The quantitative estimate of drug-likeness (QED) is 0.214. The molecule has 1 atom stereocenters. The minimum Gasteiger partial charge on any atom is -0.497 e. The second-order valence-electron chi connectivity index (χ2n) is 5.94. The fourth-order valence-corrected chi connectivity index (χ4v) is 3.37. The molecule has 1 unspecified atom stereocenters. The van der Waals surface area contributed by atoms with Crippen molar-refractivity contribution < 1.29 is 14.4 Å². The smallest absolute Gasteiger partial charge is 0.307 e. The Hall–Kier alpha value is -3.34. The first kappa shape index (κ1) is 20.4. The normalized spacial score (nSPS) is 11.8. The minimum absolute atomic E-state index is 0.0552. The van der Waals surface area contributed by atoms with Crippen LogP contribution < -0.4 is 9.47 Å². The van der Waals surface area contributed by atoms with Crippen molar-refractivity contribution in [2.75, 3.05) is 7.11 Å². The van der Waals surface area contributed by atoms with Crippen molar-refractivity contribution >= 4 is 17.4 Å². The zero-order chi connectivity index (χ0) is 20.8. The number of thioether (sulfide) groups is 1. The Morgan fingerprint density at radius 2 is 2.03 bits per heavy atom. The van der Waals surface area contributed by atoms with Crippen LogP contribution in [0.25, 0.3) is 0 Å². The van der Waals surface area contributed by atoms with E-state index in [0.29, 0.717) is 29.2 Å². The molecule has 0 fully saturated rings. The summed E-state index contributed by atoms with van der Waals surface area (Å²) >= 11 is 1.36. The van der Waals surface area contributed by atoms with Crippen molar-refractivity contribution in [2.45, 2.75) is 30.6 Å². The number of hydrogen-bond acceptors (Lipinski definition) is 8. The van der Waals surface area contributed by atoms with Crippen molar-refractivity contribution in [1.29, 1.82) is 0 Å². The third-order valence-electron chi connectivity index (χ3n) is 3.95. The Morgan fingerprint density at radius 3 is 2.66 bits per heavy atom. The van der Waals surface area contributed by atoms with Gasteiger partial charge in [0.25, 0.3) is 0 Å². The van der Waals surface area contributed by atoms with Crippen molar-refractivity contribution in [3.63, 3.8) is 0 Å². The van der Waals surface area contributed by atoms with Crippen molar-refractivity contribution in [2.24, 2.45) is 0 Å². The van der Waals surface area contributed by atoms with Crippen molar-refractivity contribution in [3.8, 4) is 11.5 Å². The first-order valence-corrected chi connectivity index (χ1v) is 9.64. The Balaban J connectivity index is 1.72. The maximum Gasteiger partial charge on any atom is 0.307 e. The van der Waals surface area contributed by atoms with E-state index in [-0.39, 0.29) is 11.8 Å². The second kappa shape index (κ2) is 9.24. The van der Waals surface area contributed by atoms with Crippen molar-refractivity contribution in [3.05, 3.63) is 65.3 Å². The van der Waals surface area contributed by atoms with E-state index in [0.717, 1.165) is 5.75 Å². The molecule has 152 valence electrons. The lowest BCUT2D eigenvalue weighted by molar-refractivity contribution is -0.385. The number of aromatic nitrogens is 5. The third kappa shape index (κ3) is 4.93. The fraction of sp³-hybridized carbons (Fsp3) is 0.278. The largest absolute Gasteiger partial charge is 0.497 e. The summed E-state index contributed by atoms with van der Waals surface area (Å²) in [6.45, 7) is 6.18. The van der Waals surface area contributed by atoms with E-state index in [1.807, 2.05) is 35.8 Å². The second-order valence-corrected chi connectivity index (χ2v) is 6.86. The number of nitrogens with zero attached hydrogens (tertiary/aromatic N) is 6. The average Bonchev–Trinajstić information content (AvgIpc) is 3.34. The van der Waals surface area contributed by atoms with E-state index in [1.54, 1.807) is 13.2 Å². The molecule has 3 rings (SSSR count). The predicted octanol–water partition coefficient (Wildman–Crippen LogP) is 3.47. The highest BCUT2D eigenvalue weighted by molar-refractivity contribution is 7.98. The van der Waals surface area contributed by atoms with Gasteiger partial charge in [-0.2, -0.15) is 5.10 Å². The van der Waals surface area contributed by atoms with Gasteiger partial charge in [0, 0.05) is 6.54 Å². The standard InChI is InChI=1S/C18H20N6O4S/c1-4-9-23-17(13(2)28-16-7-5-15(27-3)6-8-16)20-21-18(23)29-12-22-11-14(10-19-22)24(25)26/h4-8,10-11,13H,1,9,12H2,2-3H3. The van der Waals surface area contributed by atoms with Gasteiger partial charge in [-0.25, -0.2) is 0 Å². The van der Waals surface area contributed by atoms with Crippen LogP contribution in [0.5, 0.6) is 11.5 Å². The topological polar surface area (TPSA) is 110 Å². The lowest BCUT2D eigenvalue weighted by Crippen LogP contribution is -2.12. The average molecular weight is 416 g/mol. The fourth-order valence-electron chi connectivity index (χ4n) is 2.56. The van der Waals surface area contributed by atoms with Gasteiger partial charge in [0.15, 0.2) is 17.1 Å². The van der Waals surface area contributed by atoms with Crippen LogP contribution in [0.2, 0.25) is 0 Å². The highest BCUT2D eigenvalue weighted by Gasteiger charge is 2.19. The number of methoxy groups -OCH3 is 1. The van der Waals surface area contributed by atoms with Crippen LogP contribution in [-0.2, 0) is 12.4 Å². The highest BCUT2D eigenvalue weighted by atomic mass is 32.2. The molecule has 0 aliphatic carbocycles. The summed E-state index contributed by atoms with van der Waals surface area (Å²) in [4.78, 5) is 10.3. The molecule has 0 amide bonds. The number of allylic oxidation sites excluding steroid dienone is 1. The molecule has 0 bridgehead atoms. The van der Waals surface area contributed by atoms with Gasteiger partial charge < -0.3 is 9.47 Å². The predicted molar refractivity (Wildman–Crippen MR) is 107 cm³/mol. The van der Waals surface area contributed by atoms with Crippen LogP contribution in [0.4, 0.5) is 5.69 Å². The maximum atomic E-state index is 10.8. The number of hydrogen-bond donors (Lipinski definition) is 0. The molecular formula is C18H20N6O4S. The van der Waals surface area contributed by atoms with Gasteiger partial charge in [0.05, 0.1) is 17.9 Å². The van der Waals surface area contributed by atoms with E-state index in [1.165, 1.54) is 28.8 Å². The lowest BCUT2D eigenvalue weighted by Gasteiger charge is -2.16. The number of ether oxygens (including phenoxy) is 2. The summed E-state index contributed by atoms with van der Waals surface area (Å²) in [7, 11) is 1.61. The summed E-state index contributed by atoms with van der Waals surface area (Å²) in [5.74, 6) is 2.44. The molecule has 11 heteroatoms. The molecule has 3 aromatic rings. The molecule has 0 spiro atoms. The zero-order valence-corrected chi connectivity index (χ0v) is 16.8. The Bertz CT molecular complexity index is 985. The molecule has 2 heterocycles. The van der Waals surface area contributed by atoms with Crippen LogP contribution in [-0.4, -0.2) is 36.6 Å². The molecule has 29 heavy (non-hydrogen) atoms. The molecule has 0 radical (unpaired) electrons. The molecule has 2 aromatic heterocycles. The highest BCUT2D eigenvalue weighted by Crippen LogP contribution is 2.26. The first-order chi connectivity index (χ1) is 14.0. The van der Waals surface area contributed by atoms with Gasteiger partial charge in [-0.05, 0) is 31.2 Å². The molecule has 1 aromatic carbocycles. The van der Waals surface area contributed by atoms with E-state index < -0.39 is 4.92 Å².